The molecule has 4 N–H and O–H groups in total. The van der Waals surface area contributed by atoms with E-state index in [9.17, 15) is 19.2 Å². The fraction of sp³-hybridized carbons (Fsp3) is 0.467. The summed E-state index contributed by atoms with van der Waals surface area (Å²) >= 11 is 0. The zero-order chi connectivity index (χ0) is 29.7. The molecule has 0 saturated heterocycles. The van der Waals surface area contributed by atoms with E-state index in [1.807, 2.05) is 60.7 Å². The van der Waals surface area contributed by atoms with Crippen LogP contribution in [0.4, 0.5) is 0 Å². The molecule has 0 aromatic heterocycles. The average molecular weight is 555 g/mol. The molecule has 0 aliphatic carbocycles. The summed E-state index contributed by atoms with van der Waals surface area (Å²) in [5, 5.41) is 10.5. The van der Waals surface area contributed by atoms with Crippen molar-refractivity contribution in [3.05, 3.63) is 71.8 Å². The van der Waals surface area contributed by atoms with Crippen LogP contribution < -0.4 is 21.3 Å². The third-order valence-electron chi connectivity index (χ3n) is 6.84. The fourth-order valence-electron chi connectivity index (χ4n) is 4.16. The molecule has 0 aliphatic rings. The minimum Gasteiger partial charge on any atom is -0.363 e. The summed E-state index contributed by atoms with van der Waals surface area (Å²) in [5.41, 5.74) is 1.74. The largest absolute Gasteiger partial charge is 0.363 e. The first kappa shape index (κ1) is 32.5. The molecular formula is C30H42N4O6. The van der Waals surface area contributed by atoms with Gasteiger partial charge < -0.3 is 30.7 Å². The van der Waals surface area contributed by atoms with Gasteiger partial charge in [-0.15, -0.1) is 0 Å². The molecule has 0 radical (unpaired) electrons. The second-order valence-electron chi connectivity index (χ2n) is 9.84. The van der Waals surface area contributed by atoms with Gasteiger partial charge in [-0.3, -0.25) is 19.2 Å². The van der Waals surface area contributed by atoms with Crippen molar-refractivity contribution in [3.8, 4) is 0 Å². The maximum absolute atomic E-state index is 13.4. The van der Waals surface area contributed by atoms with Crippen LogP contribution in [0.15, 0.2) is 60.7 Å². The van der Waals surface area contributed by atoms with Gasteiger partial charge in [-0.05, 0) is 36.8 Å². The third-order valence-corrected chi connectivity index (χ3v) is 6.84. The second kappa shape index (κ2) is 16.4. The smallest absolute Gasteiger partial charge is 0.250 e. The number of rotatable bonds is 15. The van der Waals surface area contributed by atoms with E-state index in [2.05, 4.69) is 21.3 Å². The monoisotopic (exact) mass is 554 g/mol. The Bertz CT molecular complexity index is 1010. The summed E-state index contributed by atoms with van der Waals surface area (Å²) in [6.45, 7) is 7.08. The highest BCUT2D eigenvalue weighted by Crippen LogP contribution is 2.26. The summed E-state index contributed by atoms with van der Waals surface area (Å²) < 4.78 is 12.2. The number of benzene rings is 2. The van der Waals surface area contributed by atoms with Crippen LogP contribution in [0.1, 0.15) is 38.8 Å². The molecule has 6 atom stereocenters. The van der Waals surface area contributed by atoms with Gasteiger partial charge in [0.15, 0.2) is 0 Å². The first-order chi connectivity index (χ1) is 19.1. The lowest BCUT2D eigenvalue weighted by atomic mass is 9.85. The molecule has 0 heterocycles. The first-order valence-corrected chi connectivity index (χ1v) is 13.4. The van der Waals surface area contributed by atoms with Crippen LogP contribution in [-0.4, -0.2) is 62.0 Å². The zero-order valence-electron chi connectivity index (χ0n) is 24.1. The van der Waals surface area contributed by atoms with E-state index in [0.29, 0.717) is 0 Å². The van der Waals surface area contributed by atoms with Crippen molar-refractivity contribution in [2.45, 2.75) is 65.2 Å². The summed E-state index contributed by atoms with van der Waals surface area (Å²) in [5.74, 6) is -2.70. The summed E-state index contributed by atoms with van der Waals surface area (Å²) in [6, 6.07) is 17.2. The van der Waals surface area contributed by atoms with E-state index >= 15 is 0 Å². The normalized spacial score (nSPS) is 15.4. The number of nitrogens with one attached hydrogen (secondary N) is 4. The highest BCUT2D eigenvalue weighted by atomic mass is 16.5. The minimum atomic E-state index is -1.01. The Balaban J connectivity index is 2.31. The molecule has 0 aliphatic heterocycles. The van der Waals surface area contributed by atoms with E-state index < -0.39 is 47.9 Å². The number of carbonyl (C=O) groups excluding carboxylic acids is 4. The van der Waals surface area contributed by atoms with Gasteiger partial charge >= 0.3 is 0 Å². The van der Waals surface area contributed by atoms with E-state index in [1.165, 1.54) is 14.1 Å². The molecule has 0 saturated carbocycles. The van der Waals surface area contributed by atoms with Gasteiger partial charge in [0.1, 0.15) is 24.3 Å². The average Bonchev–Trinajstić information content (AvgIpc) is 2.97. The lowest BCUT2D eigenvalue weighted by Crippen LogP contribution is -2.53. The molecule has 2 aromatic rings. The Labute approximate surface area is 236 Å². The van der Waals surface area contributed by atoms with Crippen LogP contribution in [0.5, 0.6) is 0 Å². The molecule has 40 heavy (non-hydrogen) atoms. The van der Waals surface area contributed by atoms with E-state index in [1.54, 1.807) is 27.7 Å². The van der Waals surface area contributed by atoms with Crippen LogP contribution in [0.3, 0.4) is 0 Å². The molecular weight excluding hydrogens is 512 g/mol. The van der Waals surface area contributed by atoms with Crippen LogP contribution in [-0.2, 0) is 41.9 Å². The number of ether oxygens (including phenoxy) is 2. The number of likely N-dealkylation sites (N-methyl/N-ethyl adjacent to an activating group) is 2. The maximum atomic E-state index is 13.4. The zero-order valence-corrected chi connectivity index (χ0v) is 24.1. The molecule has 6 unspecified atom stereocenters. The van der Waals surface area contributed by atoms with Gasteiger partial charge in [-0.25, -0.2) is 0 Å². The third kappa shape index (κ3) is 9.77. The van der Waals surface area contributed by atoms with Crippen LogP contribution in [0.25, 0.3) is 0 Å². The van der Waals surface area contributed by atoms with Gasteiger partial charge in [-0.2, -0.15) is 0 Å². The highest BCUT2D eigenvalue weighted by Gasteiger charge is 2.38. The minimum absolute atomic E-state index is 0.153. The van der Waals surface area contributed by atoms with Crippen molar-refractivity contribution in [1.82, 2.24) is 21.3 Å². The molecule has 10 heteroatoms. The van der Waals surface area contributed by atoms with Crippen molar-refractivity contribution in [1.29, 1.82) is 0 Å². The van der Waals surface area contributed by atoms with Crippen molar-refractivity contribution in [2.75, 3.05) is 14.1 Å². The molecule has 2 rings (SSSR count). The molecule has 2 aromatic carbocycles. The number of carbonyl (C=O) groups is 4. The first-order valence-electron chi connectivity index (χ1n) is 13.4. The molecule has 0 fully saturated rings. The van der Waals surface area contributed by atoms with Gasteiger partial charge in [0, 0.05) is 14.1 Å². The number of hydrogen-bond acceptors (Lipinski definition) is 6. The second-order valence-corrected chi connectivity index (χ2v) is 9.84. The van der Waals surface area contributed by atoms with E-state index in [4.69, 9.17) is 9.47 Å². The predicted molar refractivity (Wildman–Crippen MR) is 152 cm³/mol. The predicted octanol–water partition coefficient (Wildman–Crippen LogP) is 1.93. The molecule has 0 spiro atoms. The summed E-state index contributed by atoms with van der Waals surface area (Å²) in [6.07, 6.45) is -2.01. The Morgan fingerprint density at radius 2 is 0.900 bits per heavy atom. The fourth-order valence-corrected chi connectivity index (χ4v) is 4.16. The lowest BCUT2D eigenvalue weighted by molar-refractivity contribution is -0.150. The van der Waals surface area contributed by atoms with Crippen LogP contribution in [0, 0.1) is 11.8 Å². The van der Waals surface area contributed by atoms with E-state index in [0.717, 1.165) is 11.1 Å². The van der Waals surface area contributed by atoms with Gasteiger partial charge in [0.05, 0.1) is 13.2 Å². The summed E-state index contributed by atoms with van der Waals surface area (Å²) in [7, 11) is 2.98. The molecule has 4 amide bonds. The molecule has 218 valence electrons. The topological polar surface area (TPSA) is 135 Å². The van der Waals surface area contributed by atoms with E-state index in [-0.39, 0.29) is 25.0 Å². The Morgan fingerprint density at radius 3 is 1.20 bits per heavy atom. The van der Waals surface area contributed by atoms with Gasteiger partial charge in [-0.1, -0.05) is 74.5 Å². The van der Waals surface area contributed by atoms with Crippen molar-refractivity contribution in [2.24, 2.45) is 11.8 Å². The maximum Gasteiger partial charge on any atom is 0.250 e. The van der Waals surface area contributed by atoms with Gasteiger partial charge in [0.2, 0.25) is 23.6 Å². The standard InChI is InChI=1S/C30H42N4O6/c1-19(25(29(37)33-21(3)27(35)31-5)39-17-23-13-9-7-10-14-23)20(2)26(30(38)34-22(4)28(36)32-6)40-18-24-15-11-8-12-16-24/h7-16,19-22,25-26H,17-18H2,1-6H3,(H,31,35)(H,32,36)(H,33,37)(H,34,38). The number of amides is 4. The van der Waals surface area contributed by atoms with Crippen LogP contribution in [0.2, 0.25) is 0 Å². The Kier molecular flexibility index (Phi) is 13.3. The van der Waals surface area contributed by atoms with Crippen molar-refractivity contribution in [3.63, 3.8) is 0 Å². The molecule has 10 nitrogen and oxygen atoms in total. The lowest BCUT2D eigenvalue weighted by Gasteiger charge is -2.33. The quantitative estimate of drug-likeness (QED) is 0.266. The SMILES string of the molecule is CNC(=O)C(C)NC(=O)C(OCc1ccccc1)C(C)C(C)C(OCc1ccccc1)C(=O)NC(C)C(=O)NC. The molecule has 0 bridgehead atoms. The number of hydrogen-bond donors (Lipinski definition) is 4. The summed E-state index contributed by atoms with van der Waals surface area (Å²) in [4.78, 5) is 51.0. The van der Waals surface area contributed by atoms with Crippen LogP contribution >= 0.6 is 0 Å². The Hall–Kier alpha value is -3.76. The van der Waals surface area contributed by atoms with Crippen molar-refractivity contribution >= 4 is 23.6 Å². The Morgan fingerprint density at radius 1 is 0.575 bits per heavy atom. The van der Waals surface area contributed by atoms with Gasteiger partial charge in [0.25, 0.3) is 0 Å². The highest BCUT2D eigenvalue weighted by molar-refractivity contribution is 5.90. The van der Waals surface area contributed by atoms with Crippen molar-refractivity contribution < 1.29 is 28.7 Å².